The van der Waals surface area contributed by atoms with Crippen molar-refractivity contribution >= 4 is 17.1 Å². The number of benzene rings is 2. The lowest BCUT2D eigenvalue weighted by Crippen LogP contribution is -1.87. The molecule has 0 saturated heterocycles. The van der Waals surface area contributed by atoms with Crippen LogP contribution in [0, 0.1) is 10.1 Å². The normalized spacial score (nSPS) is 10.7. The third-order valence-electron chi connectivity index (χ3n) is 2.22. The van der Waals surface area contributed by atoms with Crippen LogP contribution < -0.4 is 0 Å². The third-order valence-corrected chi connectivity index (χ3v) is 2.22. The molecule has 0 bridgehead atoms. The van der Waals surface area contributed by atoms with Crippen molar-refractivity contribution in [3.05, 3.63) is 58.6 Å². The molecule has 0 heterocycles. The summed E-state index contributed by atoms with van der Waals surface area (Å²) in [5, 5.41) is 27.9. The van der Waals surface area contributed by atoms with Crippen molar-refractivity contribution in [1.29, 1.82) is 0 Å². The summed E-state index contributed by atoms with van der Waals surface area (Å²) in [5.74, 6) is -0.484. The molecule has 1 N–H and O–H groups in total. The van der Waals surface area contributed by atoms with E-state index < -0.39 is 10.7 Å². The van der Waals surface area contributed by atoms with Crippen LogP contribution in [-0.4, -0.2) is 10.0 Å². The molecule has 0 radical (unpaired) electrons. The number of nitrogens with zero attached hydrogens (tertiary/aromatic N) is 3. The standard InChI is InChI=1S/C12H9N3O3/c16-12-10(7-4-8-11(12)15(17)18)14-13-9-5-2-1-3-6-9/h1-8,16H. The van der Waals surface area contributed by atoms with Gasteiger partial charge >= 0.3 is 5.69 Å². The highest BCUT2D eigenvalue weighted by Gasteiger charge is 2.15. The maximum absolute atomic E-state index is 10.6. The largest absolute Gasteiger partial charge is 0.501 e. The summed E-state index contributed by atoms with van der Waals surface area (Å²) >= 11 is 0. The molecule has 6 heteroatoms. The van der Waals surface area contributed by atoms with Crippen molar-refractivity contribution in [3.63, 3.8) is 0 Å². The zero-order chi connectivity index (χ0) is 13.0. The van der Waals surface area contributed by atoms with Crippen LogP contribution >= 0.6 is 0 Å². The lowest BCUT2D eigenvalue weighted by atomic mass is 10.2. The third kappa shape index (κ3) is 2.49. The Kier molecular flexibility index (Phi) is 3.29. The number of hydrogen-bond acceptors (Lipinski definition) is 5. The zero-order valence-electron chi connectivity index (χ0n) is 9.22. The summed E-state index contributed by atoms with van der Waals surface area (Å²) in [6.45, 7) is 0. The molecule has 0 spiro atoms. The molecule has 2 rings (SSSR count). The number of para-hydroxylation sites is 1. The predicted octanol–water partition coefficient (Wildman–Crippen LogP) is 3.72. The Labute approximate surface area is 102 Å². The van der Waals surface area contributed by atoms with Crippen LogP contribution in [0.5, 0.6) is 5.75 Å². The van der Waals surface area contributed by atoms with Crippen molar-refractivity contribution < 1.29 is 10.0 Å². The highest BCUT2D eigenvalue weighted by Crippen LogP contribution is 2.36. The van der Waals surface area contributed by atoms with E-state index in [4.69, 9.17) is 0 Å². The summed E-state index contributed by atoms with van der Waals surface area (Å²) in [7, 11) is 0. The fraction of sp³-hybridized carbons (Fsp3) is 0. The number of phenols is 1. The molecular weight excluding hydrogens is 234 g/mol. The molecule has 2 aromatic carbocycles. The lowest BCUT2D eigenvalue weighted by molar-refractivity contribution is -0.385. The molecule has 0 aliphatic carbocycles. The average molecular weight is 243 g/mol. The van der Waals surface area contributed by atoms with Gasteiger partial charge in [0.25, 0.3) is 0 Å². The molecule has 0 amide bonds. The van der Waals surface area contributed by atoms with Crippen molar-refractivity contribution in [3.8, 4) is 5.75 Å². The summed E-state index contributed by atoms with van der Waals surface area (Å²) in [5.41, 5.74) is 0.274. The second kappa shape index (κ2) is 5.05. The Morgan fingerprint density at radius 3 is 2.39 bits per heavy atom. The van der Waals surface area contributed by atoms with E-state index in [1.807, 2.05) is 6.07 Å². The van der Waals surface area contributed by atoms with Gasteiger partial charge in [0.2, 0.25) is 5.75 Å². The van der Waals surface area contributed by atoms with Gasteiger partial charge in [-0.05, 0) is 18.2 Å². The monoisotopic (exact) mass is 243 g/mol. The van der Waals surface area contributed by atoms with Gasteiger partial charge in [-0.15, -0.1) is 5.11 Å². The van der Waals surface area contributed by atoms with Gasteiger partial charge in [-0.2, -0.15) is 5.11 Å². The fourth-order valence-corrected chi connectivity index (χ4v) is 1.35. The van der Waals surface area contributed by atoms with Gasteiger partial charge in [0, 0.05) is 6.07 Å². The Hall–Kier alpha value is -2.76. The van der Waals surface area contributed by atoms with Crippen LogP contribution in [0.25, 0.3) is 0 Å². The Balaban J connectivity index is 2.33. The number of nitro groups is 1. The number of aromatic hydroxyl groups is 1. The van der Waals surface area contributed by atoms with Crippen LogP contribution in [0.2, 0.25) is 0 Å². The first kappa shape index (κ1) is 11.7. The van der Waals surface area contributed by atoms with Gasteiger partial charge in [0.05, 0.1) is 10.6 Å². The Morgan fingerprint density at radius 1 is 1.00 bits per heavy atom. The van der Waals surface area contributed by atoms with Gasteiger partial charge in [-0.3, -0.25) is 10.1 Å². The fourth-order valence-electron chi connectivity index (χ4n) is 1.35. The second-order valence-electron chi connectivity index (χ2n) is 3.44. The summed E-state index contributed by atoms with van der Waals surface area (Å²) in [4.78, 5) is 9.95. The minimum atomic E-state index is -0.670. The van der Waals surface area contributed by atoms with Gasteiger partial charge in [-0.1, -0.05) is 24.3 Å². The quantitative estimate of drug-likeness (QED) is 0.506. The van der Waals surface area contributed by atoms with Crippen molar-refractivity contribution in [2.75, 3.05) is 0 Å². The minimum absolute atomic E-state index is 0.0630. The molecular formula is C12H9N3O3. The number of azo groups is 1. The van der Waals surface area contributed by atoms with Gasteiger partial charge in [0.15, 0.2) is 0 Å². The molecule has 0 saturated carbocycles. The van der Waals surface area contributed by atoms with Gasteiger partial charge in [0.1, 0.15) is 5.69 Å². The van der Waals surface area contributed by atoms with E-state index in [2.05, 4.69) is 10.2 Å². The van der Waals surface area contributed by atoms with Gasteiger partial charge in [-0.25, -0.2) is 0 Å². The summed E-state index contributed by atoms with van der Waals surface area (Å²) < 4.78 is 0. The van der Waals surface area contributed by atoms with Crippen LogP contribution in [0.1, 0.15) is 0 Å². The molecule has 6 nitrogen and oxygen atoms in total. The van der Waals surface area contributed by atoms with Crippen LogP contribution in [-0.2, 0) is 0 Å². The predicted molar refractivity (Wildman–Crippen MR) is 65.4 cm³/mol. The second-order valence-corrected chi connectivity index (χ2v) is 3.44. The SMILES string of the molecule is O=[N+]([O-])c1cccc(N=Nc2ccccc2)c1O. The number of nitro benzene ring substituents is 1. The van der Waals surface area contributed by atoms with Crippen LogP contribution in [0.3, 0.4) is 0 Å². The highest BCUT2D eigenvalue weighted by atomic mass is 16.6. The first-order chi connectivity index (χ1) is 8.68. The first-order valence-electron chi connectivity index (χ1n) is 5.11. The van der Waals surface area contributed by atoms with E-state index in [0.29, 0.717) is 5.69 Å². The maximum atomic E-state index is 10.6. The molecule has 0 fully saturated rings. The van der Waals surface area contributed by atoms with Gasteiger partial charge < -0.3 is 5.11 Å². The lowest BCUT2D eigenvalue weighted by Gasteiger charge is -1.98. The number of rotatable bonds is 3. The van der Waals surface area contributed by atoms with Crippen molar-refractivity contribution in [2.24, 2.45) is 10.2 Å². The molecule has 0 aliphatic heterocycles. The summed E-state index contributed by atoms with van der Waals surface area (Å²) in [6.07, 6.45) is 0. The van der Waals surface area contributed by atoms with E-state index in [-0.39, 0.29) is 11.4 Å². The molecule has 2 aromatic rings. The van der Waals surface area contributed by atoms with E-state index >= 15 is 0 Å². The Bertz CT molecular complexity index is 597. The average Bonchev–Trinajstić information content (AvgIpc) is 2.38. The molecule has 0 atom stereocenters. The Morgan fingerprint density at radius 2 is 1.72 bits per heavy atom. The van der Waals surface area contributed by atoms with Crippen molar-refractivity contribution in [2.45, 2.75) is 0 Å². The molecule has 18 heavy (non-hydrogen) atoms. The number of phenolic OH excluding ortho intramolecular Hbond substituents is 1. The van der Waals surface area contributed by atoms with Crippen LogP contribution in [0.15, 0.2) is 58.8 Å². The zero-order valence-corrected chi connectivity index (χ0v) is 9.22. The van der Waals surface area contributed by atoms with Crippen molar-refractivity contribution in [1.82, 2.24) is 0 Å². The smallest absolute Gasteiger partial charge is 0.313 e. The molecule has 0 unspecified atom stereocenters. The molecule has 0 aromatic heterocycles. The molecule has 0 aliphatic rings. The highest BCUT2D eigenvalue weighted by molar-refractivity contribution is 5.62. The minimum Gasteiger partial charge on any atom is -0.501 e. The maximum Gasteiger partial charge on any atom is 0.313 e. The van der Waals surface area contributed by atoms with E-state index in [1.165, 1.54) is 18.2 Å². The van der Waals surface area contributed by atoms with E-state index in [1.54, 1.807) is 24.3 Å². The first-order valence-corrected chi connectivity index (χ1v) is 5.11. The summed E-state index contributed by atoms with van der Waals surface area (Å²) in [6, 6.07) is 13.0. The number of hydrogen-bond donors (Lipinski definition) is 1. The van der Waals surface area contributed by atoms with E-state index in [9.17, 15) is 15.2 Å². The van der Waals surface area contributed by atoms with Crippen LogP contribution in [0.4, 0.5) is 17.1 Å². The van der Waals surface area contributed by atoms with E-state index in [0.717, 1.165) is 0 Å². The molecule has 90 valence electrons. The topological polar surface area (TPSA) is 88.1 Å².